The highest BCUT2D eigenvalue weighted by atomic mass is 16.6. The molecule has 0 aliphatic rings. The molecule has 42 heavy (non-hydrogen) atoms. The Bertz CT molecular complexity index is 999. The molecule has 0 fully saturated rings. The number of nitrogens with one attached hydrogen (secondary N) is 1. The molecule has 1 N–H and O–H groups in total. The molecule has 0 spiro atoms. The maximum Gasteiger partial charge on any atom is 0.269 e. The van der Waals surface area contributed by atoms with Gasteiger partial charge in [-0.1, -0.05) is 153 Å². The van der Waals surface area contributed by atoms with Gasteiger partial charge in [0.05, 0.1) is 4.92 Å². The third kappa shape index (κ3) is 17.8. The monoisotopic (exact) mass is 576 g/mol. The molecule has 1 amide bonds. The number of nitro benzene ring substituents is 1. The van der Waals surface area contributed by atoms with E-state index < -0.39 is 4.92 Å². The fraction of sp³-hybridized carbons (Fsp3) is 0.595. The van der Waals surface area contributed by atoms with Crippen molar-refractivity contribution in [3.05, 3.63) is 69.8 Å². The summed E-state index contributed by atoms with van der Waals surface area (Å²) in [5, 5.41) is 13.8. The molecule has 5 nitrogen and oxygen atoms in total. The molecule has 2 aromatic carbocycles. The zero-order chi connectivity index (χ0) is 30.1. The summed E-state index contributed by atoms with van der Waals surface area (Å²) >= 11 is 0. The Kier molecular flexibility index (Phi) is 19.8. The van der Waals surface area contributed by atoms with Crippen LogP contribution in [-0.2, 0) is 4.79 Å². The second-order valence-electron chi connectivity index (χ2n) is 11.8. The summed E-state index contributed by atoms with van der Waals surface area (Å²) in [6.07, 6.45) is 31.6. The number of hydrogen-bond donors (Lipinski definition) is 1. The van der Waals surface area contributed by atoms with Crippen molar-refractivity contribution in [2.75, 3.05) is 5.32 Å². The molecule has 0 aliphatic heterocycles. The number of nitro groups is 1. The van der Waals surface area contributed by atoms with Crippen LogP contribution in [0.3, 0.4) is 0 Å². The van der Waals surface area contributed by atoms with Crippen LogP contribution in [0.1, 0.15) is 153 Å². The Labute approximate surface area is 255 Å². The summed E-state index contributed by atoms with van der Waals surface area (Å²) < 4.78 is 0. The fourth-order valence-corrected chi connectivity index (χ4v) is 5.34. The second kappa shape index (κ2) is 23.6. The van der Waals surface area contributed by atoms with E-state index in [4.69, 9.17) is 0 Å². The summed E-state index contributed by atoms with van der Waals surface area (Å²) in [7, 11) is 0. The Morgan fingerprint density at radius 1 is 0.595 bits per heavy atom. The zero-order valence-electron chi connectivity index (χ0n) is 26.3. The van der Waals surface area contributed by atoms with Crippen LogP contribution in [-0.4, -0.2) is 10.8 Å². The van der Waals surface area contributed by atoms with E-state index in [-0.39, 0.29) is 11.6 Å². The van der Waals surface area contributed by atoms with Gasteiger partial charge < -0.3 is 5.32 Å². The van der Waals surface area contributed by atoms with Gasteiger partial charge in [-0.15, -0.1) is 0 Å². The Hall–Kier alpha value is -2.95. The van der Waals surface area contributed by atoms with Crippen molar-refractivity contribution in [3.8, 4) is 0 Å². The topological polar surface area (TPSA) is 72.2 Å². The van der Waals surface area contributed by atoms with Crippen LogP contribution in [0, 0.1) is 10.1 Å². The maximum absolute atomic E-state index is 12.3. The first-order chi connectivity index (χ1) is 20.6. The largest absolute Gasteiger partial charge is 0.326 e. The molecule has 232 valence electrons. The van der Waals surface area contributed by atoms with Gasteiger partial charge in [0.2, 0.25) is 5.91 Å². The van der Waals surface area contributed by atoms with Crippen molar-refractivity contribution in [2.24, 2.45) is 0 Å². The van der Waals surface area contributed by atoms with Crippen LogP contribution in [0.4, 0.5) is 11.4 Å². The third-order valence-electron chi connectivity index (χ3n) is 8.02. The Morgan fingerprint density at radius 3 is 1.33 bits per heavy atom. The molecule has 5 heteroatoms. The van der Waals surface area contributed by atoms with E-state index in [2.05, 4.69) is 12.2 Å². The van der Waals surface area contributed by atoms with Crippen molar-refractivity contribution in [1.82, 2.24) is 0 Å². The molecular weight excluding hydrogens is 520 g/mol. The number of amides is 1. The molecule has 0 aliphatic carbocycles. The van der Waals surface area contributed by atoms with E-state index >= 15 is 0 Å². The minimum atomic E-state index is -0.400. The van der Waals surface area contributed by atoms with Gasteiger partial charge in [0.15, 0.2) is 0 Å². The molecule has 2 rings (SSSR count). The van der Waals surface area contributed by atoms with Crippen molar-refractivity contribution in [2.45, 2.75) is 142 Å². The lowest BCUT2D eigenvalue weighted by Gasteiger charge is -2.06. The van der Waals surface area contributed by atoms with E-state index in [0.717, 1.165) is 29.7 Å². The predicted molar refractivity (Wildman–Crippen MR) is 180 cm³/mol. The van der Waals surface area contributed by atoms with Crippen LogP contribution in [0.2, 0.25) is 0 Å². The first-order valence-electron chi connectivity index (χ1n) is 16.9. The average molecular weight is 577 g/mol. The van der Waals surface area contributed by atoms with Crippen LogP contribution < -0.4 is 5.32 Å². The summed E-state index contributed by atoms with van der Waals surface area (Å²) in [6, 6.07) is 14.2. The lowest BCUT2D eigenvalue weighted by atomic mass is 10.0. The molecule has 0 saturated heterocycles. The number of hydrogen-bond acceptors (Lipinski definition) is 3. The van der Waals surface area contributed by atoms with Gasteiger partial charge >= 0.3 is 0 Å². The highest BCUT2D eigenvalue weighted by molar-refractivity contribution is 5.90. The lowest BCUT2D eigenvalue weighted by molar-refractivity contribution is -0.384. The fourth-order valence-electron chi connectivity index (χ4n) is 5.34. The van der Waals surface area contributed by atoms with Gasteiger partial charge in [-0.3, -0.25) is 14.9 Å². The number of anilines is 1. The zero-order valence-corrected chi connectivity index (χ0v) is 26.3. The highest BCUT2D eigenvalue weighted by Gasteiger charge is 2.04. The van der Waals surface area contributed by atoms with Crippen LogP contribution in [0.25, 0.3) is 12.2 Å². The molecule has 2 aromatic rings. The van der Waals surface area contributed by atoms with E-state index in [9.17, 15) is 14.9 Å². The van der Waals surface area contributed by atoms with Crippen molar-refractivity contribution < 1.29 is 9.72 Å². The first kappa shape index (κ1) is 35.2. The molecule has 0 bridgehead atoms. The molecule has 0 heterocycles. The minimum absolute atomic E-state index is 0.0755. The number of benzene rings is 2. The van der Waals surface area contributed by atoms with E-state index in [1.807, 2.05) is 36.4 Å². The van der Waals surface area contributed by atoms with Gasteiger partial charge in [-0.05, 0) is 41.8 Å². The van der Waals surface area contributed by atoms with Gasteiger partial charge in [0, 0.05) is 24.2 Å². The van der Waals surface area contributed by atoms with Gasteiger partial charge in [-0.25, -0.2) is 0 Å². The van der Waals surface area contributed by atoms with Crippen LogP contribution in [0.15, 0.2) is 48.5 Å². The predicted octanol–water partition coefficient (Wildman–Crippen LogP) is 11.9. The van der Waals surface area contributed by atoms with E-state index in [1.165, 1.54) is 128 Å². The third-order valence-corrected chi connectivity index (χ3v) is 8.02. The number of carbonyl (C=O) groups is 1. The van der Waals surface area contributed by atoms with Crippen LogP contribution >= 0.6 is 0 Å². The second-order valence-corrected chi connectivity index (χ2v) is 11.8. The molecule has 0 aromatic heterocycles. The molecule has 0 atom stereocenters. The normalized spacial score (nSPS) is 11.3. The van der Waals surface area contributed by atoms with E-state index in [1.54, 1.807) is 12.1 Å². The molecular formula is C37H56N2O3. The average Bonchev–Trinajstić information content (AvgIpc) is 3.00. The quantitative estimate of drug-likeness (QED) is 0.0553. The number of nitrogens with zero attached hydrogens (tertiary/aromatic N) is 1. The molecule has 0 saturated carbocycles. The van der Waals surface area contributed by atoms with E-state index in [0.29, 0.717) is 6.42 Å². The number of unbranched alkanes of at least 4 members (excludes halogenated alkanes) is 19. The van der Waals surface area contributed by atoms with Crippen molar-refractivity contribution in [1.29, 1.82) is 0 Å². The highest BCUT2D eigenvalue weighted by Crippen LogP contribution is 2.18. The van der Waals surface area contributed by atoms with Crippen molar-refractivity contribution >= 4 is 29.4 Å². The molecule has 0 unspecified atom stereocenters. The smallest absolute Gasteiger partial charge is 0.269 e. The minimum Gasteiger partial charge on any atom is -0.326 e. The van der Waals surface area contributed by atoms with Crippen LogP contribution in [0.5, 0.6) is 0 Å². The SMILES string of the molecule is CCCCCCCCCCCCCCCCCCCCCCC(=O)Nc1ccc(/C=C/c2ccc([N+](=O)[O-])cc2)cc1. The first-order valence-corrected chi connectivity index (χ1v) is 16.9. The number of rotatable bonds is 25. The number of carbonyl (C=O) groups excluding carboxylic acids is 1. The summed E-state index contributed by atoms with van der Waals surface area (Å²) in [5.74, 6) is 0.0755. The summed E-state index contributed by atoms with van der Waals surface area (Å²) in [6.45, 7) is 2.29. The summed E-state index contributed by atoms with van der Waals surface area (Å²) in [5.41, 5.74) is 2.79. The Balaban J connectivity index is 1.39. The van der Waals surface area contributed by atoms with Gasteiger partial charge in [0.1, 0.15) is 0 Å². The summed E-state index contributed by atoms with van der Waals surface area (Å²) in [4.78, 5) is 22.7. The molecule has 0 radical (unpaired) electrons. The Morgan fingerprint density at radius 2 is 0.952 bits per heavy atom. The van der Waals surface area contributed by atoms with Gasteiger partial charge in [-0.2, -0.15) is 0 Å². The maximum atomic E-state index is 12.3. The van der Waals surface area contributed by atoms with Gasteiger partial charge in [0.25, 0.3) is 5.69 Å². The lowest BCUT2D eigenvalue weighted by Crippen LogP contribution is -2.10. The standard InChI is InChI=1S/C37H56N2O3/c1-2-3-4-5-6-7-8-9-10-11-12-13-14-15-16-17-18-19-20-21-22-37(40)38-35-29-25-33(26-30-35)23-24-34-27-31-36(32-28-34)39(41)42/h23-32H,2-22H2,1H3,(H,38,40)/b24-23+. The number of non-ortho nitro benzene ring substituents is 1. The van der Waals surface area contributed by atoms with Crippen molar-refractivity contribution in [3.63, 3.8) is 0 Å².